The molecule has 1 saturated carbocycles. The molecule has 2 rings (SSSR count). The first kappa shape index (κ1) is 16.7. The van der Waals surface area contributed by atoms with Crippen LogP contribution in [0.15, 0.2) is 18.2 Å². The summed E-state index contributed by atoms with van der Waals surface area (Å²) in [5.41, 5.74) is 7.59. The molecule has 1 fully saturated rings. The second-order valence-electron chi connectivity index (χ2n) is 5.13. The van der Waals surface area contributed by atoms with Gasteiger partial charge in [0.15, 0.2) is 0 Å². The van der Waals surface area contributed by atoms with E-state index in [1.165, 1.54) is 12.0 Å². The van der Waals surface area contributed by atoms with Crippen LogP contribution in [0, 0.1) is 10.5 Å². The molecule has 0 bridgehead atoms. The molecular formula is C14H20ClIN2O. The quantitative estimate of drug-likeness (QED) is 0.753. The summed E-state index contributed by atoms with van der Waals surface area (Å²) < 4.78 is 1.15. The molecule has 0 radical (unpaired) electrons. The van der Waals surface area contributed by atoms with Crippen LogP contribution in [0.1, 0.15) is 37.7 Å². The van der Waals surface area contributed by atoms with Crippen LogP contribution >= 0.6 is 35.0 Å². The standard InChI is InChI=1S/C14H19IN2O.ClH/c1-10-5-6-11(9-12(10)15)17-13(18)14(16)7-3-2-4-8-14;/h5-6,9H,2-4,7-8,16H2,1H3,(H,17,18);1H. The van der Waals surface area contributed by atoms with Crippen molar-refractivity contribution in [2.24, 2.45) is 5.73 Å². The average molecular weight is 395 g/mol. The van der Waals surface area contributed by atoms with Crippen molar-refractivity contribution >= 4 is 46.6 Å². The van der Waals surface area contributed by atoms with E-state index in [4.69, 9.17) is 5.73 Å². The molecule has 0 atom stereocenters. The van der Waals surface area contributed by atoms with E-state index in [0.717, 1.165) is 34.9 Å². The van der Waals surface area contributed by atoms with Gasteiger partial charge < -0.3 is 11.1 Å². The van der Waals surface area contributed by atoms with Crippen LogP contribution in [0.4, 0.5) is 5.69 Å². The number of hydrogen-bond acceptors (Lipinski definition) is 2. The molecule has 1 aliphatic rings. The SMILES string of the molecule is Cc1ccc(NC(=O)C2(N)CCCCC2)cc1I.Cl. The number of carbonyl (C=O) groups is 1. The van der Waals surface area contributed by atoms with Crippen LogP contribution in [-0.4, -0.2) is 11.4 Å². The highest BCUT2D eigenvalue weighted by molar-refractivity contribution is 14.1. The molecule has 0 aliphatic heterocycles. The Bertz CT molecular complexity index is 459. The lowest BCUT2D eigenvalue weighted by Crippen LogP contribution is -2.52. The molecule has 3 nitrogen and oxygen atoms in total. The predicted molar refractivity (Wildman–Crippen MR) is 89.8 cm³/mol. The van der Waals surface area contributed by atoms with E-state index >= 15 is 0 Å². The number of anilines is 1. The molecule has 0 aromatic heterocycles. The van der Waals surface area contributed by atoms with Crippen LogP contribution in [0.2, 0.25) is 0 Å². The molecule has 5 heteroatoms. The zero-order chi connectivity index (χ0) is 13.2. The molecular weight excluding hydrogens is 375 g/mol. The van der Waals surface area contributed by atoms with E-state index in [0.29, 0.717) is 0 Å². The Morgan fingerprint density at radius 1 is 1.32 bits per heavy atom. The lowest BCUT2D eigenvalue weighted by atomic mass is 9.82. The third-order valence-corrected chi connectivity index (χ3v) is 4.79. The molecule has 3 N–H and O–H groups in total. The Kier molecular flexibility index (Phi) is 6.08. The van der Waals surface area contributed by atoms with Crippen LogP contribution in [0.25, 0.3) is 0 Å². The number of carbonyl (C=O) groups excluding carboxylic acids is 1. The maximum Gasteiger partial charge on any atom is 0.244 e. The molecule has 0 saturated heterocycles. The van der Waals surface area contributed by atoms with E-state index in [1.54, 1.807) is 0 Å². The third kappa shape index (κ3) is 4.07. The van der Waals surface area contributed by atoms with E-state index in [1.807, 2.05) is 18.2 Å². The lowest BCUT2D eigenvalue weighted by molar-refractivity contribution is -0.122. The lowest BCUT2D eigenvalue weighted by Gasteiger charge is -2.31. The van der Waals surface area contributed by atoms with Gasteiger partial charge in [-0.15, -0.1) is 12.4 Å². The first-order valence-corrected chi connectivity index (χ1v) is 7.46. The molecule has 1 aromatic rings. The highest BCUT2D eigenvalue weighted by Gasteiger charge is 2.35. The molecule has 0 spiro atoms. The number of halogens is 2. The molecule has 1 aromatic carbocycles. The molecule has 0 unspecified atom stereocenters. The highest BCUT2D eigenvalue weighted by Crippen LogP contribution is 2.27. The van der Waals surface area contributed by atoms with Crippen LogP contribution in [0.3, 0.4) is 0 Å². The fraction of sp³-hybridized carbons (Fsp3) is 0.500. The number of hydrogen-bond donors (Lipinski definition) is 2. The summed E-state index contributed by atoms with van der Waals surface area (Å²) in [6, 6.07) is 5.93. The topological polar surface area (TPSA) is 55.1 Å². The summed E-state index contributed by atoms with van der Waals surface area (Å²) >= 11 is 2.27. The Labute approximate surface area is 134 Å². The zero-order valence-electron chi connectivity index (χ0n) is 11.0. The fourth-order valence-electron chi connectivity index (χ4n) is 2.34. The van der Waals surface area contributed by atoms with E-state index < -0.39 is 5.54 Å². The number of nitrogens with one attached hydrogen (secondary N) is 1. The fourth-order valence-corrected chi connectivity index (χ4v) is 2.85. The highest BCUT2D eigenvalue weighted by atomic mass is 127. The number of amides is 1. The van der Waals surface area contributed by atoms with Gasteiger partial charge in [0.1, 0.15) is 0 Å². The van der Waals surface area contributed by atoms with Crippen LogP contribution in [0.5, 0.6) is 0 Å². The van der Waals surface area contributed by atoms with Gasteiger partial charge in [0.2, 0.25) is 5.91 Å². The molecule has 1 amide bonds. The Balaban J connectivity index is 0.00000180. The van der Waals surface area contributed by atoms with Gasteiger partial charge in [0.05, 0.1) is 5.54 Å². The average Bonchev–Trinajstić information content (AvgIpc) is 2.35. The smallest absolute Gasteiger partial charge is 0.244 e. The monoisotopic (exact) mass is 394 g/mol. The van der Waals surface area contributed by atoms with Crippen molar-refractivity contribution in [3.8, 4) is 0 Å². The number of aryl methyl sites for hydroxylation is 1. The van der Waals surface area contributed by atoms with Crippen molar-refractivity contribution in [2.45, 2.75) is 44.6 Å². The first-order valence-electron chi connectivity index (χ1n) is 6.38. The van der Waals surface area contributed by atoms with Gasteiger partial charge >= 0.3 is 0 Å². The Hall–Kier alpha value is -0.330. The second-order valence-corrected chi connectivity index (χ2v) is 6.30. The van der Waals surface area contributed by atoms with Gasteiger partial charge in [-0.2, -0.15) is 0 Å². The minimum absolute atomic E-state index is 0. The summed E-state index contributed by atoms with van der Waals surface area (Å²) in [4.78, 5) is 12.2. The van der Waals surface area contributed by atoms with E-state index in [9.17, 15) is 4.79 Å². The van der Waals surface area contributed by atoms with Gasteiger partial charge in [-0.3, -0.25) is 4.79 Å². The molecule has 1 aliphatic carbocycles. The summed E-state index contributed by atoms with van der Waals surface area (Å²) in [6.45, 7) is 2.05. The number of rotatable bonds is 2. The summed E-state index contributed by atoms with van der Waals surface area (Å²) in [5, 5.41) is 2.95. The maximum absolute atomic E-state index is 12.2. The zero-order valence-corrected chi connectivity index (χ0v) is 14.0. The second kappa shape index (κ2) is 6.90. The number of nitrogens with two attached hydrogens (primary N) is 1. The summed E-state index contributed by atoms with van der Waals surface area (Å²) in [7, 11) is 0. The molecule has 19 heavy (non-hydrogen) atoms. The first-order chi connectivity index (χ1) is 8.51. The van der Waals surface area contributed by atoms with Gasteiger partial charge in [-0.05, 0) is 60.1 Å². The molecule has 0 heterocycles. The third-order valence-electron chi connectivity index (χ3n) is 3.63. The largest absolute Gasteiger partial charge is 0.324 e. The normalized spacial score (nSPS) is 17.4. The minimum Gasteiger partial charge on any atom is -0.324 e. The Morgan fingerprint density at radius 2 is 1.95 bits per heavy atom. The van der Waals surface area contributed by atoms with Crippen molar-refractivity contribution in [2.75, 3.05) is 5.32 Å². The Morgan fingerprint density at radius 3 is 2.53 bits per heavy atom. The van der Waals surface area contributed by atoms with Gasteiger partial charge in [0.25, 0.3) is 0 Å². The maximum atomic E-state index is 12.2. The van der Waals surface area contributed by atoms with E-state index in [-0.39, 0.29) is 18.3 Å². The van der Waals surface area contributed by atoms with Gasteiger partial charge in [-0.1, -0.05) is 25.3 Å². The van der Waals surface area contributed by atoms with Gasteiger partial charge in [-0.25, -0.2) is 0 Å². The van der Waals surface area contributed by atoms with Crippen molar-refractivity contribution in [1.29, 1.82) is 0 Å². The van der Waals surface area contributed by atoms with Crippen molar-refractivity contribution in [1.82, 2.24) is 0 Å². The minimum atomic E-state index is -0.672. The summed E-state index contributed by atoms with van der Waals surface area (Å²) in [6.07, 6.45) is 4.88. The van der Waals surface area contributed by atoms with Crippen LogP contribution in [-0.2, 0) is 4.79 Å². The molecule has 106 valence electrons. The van der Waals surface area contributed by atoms with Crippen molar-refractivity contribution < 1.29 is 4.79 Å². The number of benzene rings is 1. The van der Waals surface area contributed by atoms with Crippen molar-refractivity contribution in [3.05, 3.63) is 27.3 Å². The van der Waals surface area contributed by atoms with Crippen LogP contribution < -0.4 is 11.1 Å². The van der Waals surface area contributed by atoms with Crippen molar-refractivity contribution in [3.63, 3.8) is 0 Å². The predicted octanol–water partition coefficient (Wildman–Crippen LogP) is 3.62. The van der Waals surface area contributed by atoms with Gasteiger partial charge in [0, 0.05) is 9.26 Å². The summed E-state index contributed by atoms with van der Waals surface area (Å²) in [5.74, 6) is -0.0400. The van der Waals surface area contributed by atoms with E-state index in [2.05, 4.69) is 34.8 Å².